The summed E-state index contributed by atoms with van der Waals surface area (Å²) in [7, 11) is 0. The third kappa shape index (κ3) is 15.7. The maximum Gasteiger partial charge on any atom is 0.259 e. The van der Waals surface area contributed by atoms with Crippen LogP contribution in [0.2, 0.25) is 0 Å². The molecule has 0 bridgehead atoms. The van der Waals surface area contributed by atoms with E-state index in [1.165, 1.54) is 11.3 Å². The van der Waals surface area contributed by atoms with E-state index < -0.39 is 0 Å². The van der Waals surface area contributed by atoms with Crippen LogP contribution in [-0.4, -0.2) is 102 Å². The number of anilines is 2. The molecule has 13 heteroatoms. The fraction of sp³-hybridized carbons (Fsp3) is 0.571. The van der Waals surface area contributed by atoms with E-state index in [0.717, 1.165) is 16.9 Å². The fourth-order valence-electron chi connectivity index (χ4n) is 3.19. The Morgan fingerprint density at radius 3 is 1.78 bits per heavy atom. The maximum absolute atomic E-state index is 12.7. The molecule has 2 N–H and O–H groups in total. The van der Waals surface area contributed by atoms with Crippen LogP contribution in [0.3, 0.4) is 0 Å². The van der Waals surface area contributed by atoms with Gasteiger partial charge in [0.2, 0.25) is 5.91 Å². The summed E-state index contributed by atoms with van der Waals surface area (Å²) in [5.74, 6) is -0.593. The number of ether oxygens (including phenoxy) is 6. The summed E-state index contributed by atoms with van der Waals surface area (Å²) in [6.45, 7) is 8.87. The van der Waals surface area contributed by atoms with Gasteiger partial charge in [-0.2, -0.15) is 0 Å². The second-order valence-corrected chi connectivity index (χ2v) is 9.79. The smallest absolute Gasteiger partial charge is 0.259 e. The van der Waals surface area contributed by atoms with Gasteiger partial charge >= 0.3 is 0 Å². The molecule has 12 nitrogen and oxygen atoms in total. The lowest BCUT2D eigenvalue weighted by Gasteiger charge is -2.11. The van der Waals surface area contributed by atoms with Gasteiger partial charge in [-0.15, -0.1) is 11.3 Å². The minimum absolute atomic E-state index is 0.143. The van der Waals surface area contributed by atoms with E-state index in [9.17, 15) is 14.4 Å². The molecule has 0 aliphatic rings. The van der Waals surface area contributed by atoms with E-state index in [1.807, 2.05) is 13.8 Å². The molecule has 1 aromatic heterocycles. The van der Waals surface area contributed by atoms with Crippen molar-refractivity contribution in [3.8, 4) is 0 Å². The highest BCUT2D eigenvalue weighted by Crippen LogP contribution is 2.23. The Morgan fingerprint density at radius 2 is 1.27 bits per heavy atom. The number of aromatic nitrogens is 1. The first-order valence-electron chi connectivity index (χ1n) is 13.6. The van der Waals surface area contributed by atoms with Crippen LogP contribution in [0.25, 0.3) is 0 Å². The van der Waals surface area contributed by atoms with Gasteiger partial charge in [-0.05, 0) is 26.0 Å². The zero-order valence-electron chi connectivity index (χ0n) is 23.8. The van der Waals surface area contributed by atoms with E-state index >= 15 is 0 Å². The van der Waals surface area contributed by atoms with E-state index in [0.29, 0.717) is 95.5 Å². The molecule has 0 spiro atoms. The molecule has 228 valence electrons. The van der Waals surface area contributed by atoms with Crippen LogP contribution in [0.15, 0.2) is 24.3 Å². The van der Waals surface area contributed by atoms with Crippen molar-refractivity contribution in [2.45, 2.75) is 26.7 Å². The summed E-state index contributed by atoms with van der Waals surface area (Å²) in [6, 6.07) is 6.83. The Hall–Kier alpha value is -2.78. The average molecular weight is 596 g/mol. The topological polar surface area (TPSA) is 144 Å². The molecule has 2 aromatic rings. The lowest BCUT2D eigenvalue weighted by atomic mass is 10.1. The number of para-hydroxylation sites is 1. The fourth-order valence-corrected chi connectivity index (χ4v) is 4.00. The lowest BCUT2D eigenvalue weighted by Crippen LogP contribution is -2.19. The van der Waals surface area contributed by atoms with Crippen molar-refractivity contribution in [3.63, 3.8) is 0 Å². The van der Waals surface area contributed by atoms with Gasteiger partial charge in [0.05, 0.1) is 103 Å². The van der Waals surface area contributed by atoms with Gasteiger partial charge < -0.3 is 38.5 Å². The summed E-state index contributed by atoms with van der Waals surface area (Å²) in [4.78, 5) is 40.6. The largest absolute Gasteiger partial charge is 0.379 e. The zero-order valence-corrected chi connectivity index (χ0v) is 24.6. The zero-order chi connectivity index (χ0) is 29.5. The monoisotopic (exact) mass is 595 g/mol. The minimum Gasteiger partial charge on any atom is -0.379 e. The summed E-state index contributed by atoms with van der Waals surface area (Å²) in [6.07, 6.45) is 1.37. The summed E-state index contributed by atoms with van der Waals surface area (Å²) >= 11 is 1.40. The molecule has 0 saturated carbocycles. The molecule has 0 aliphatic heterocycles. The number of aryl methyl sites for hydroxylation is 2. The number of carbonyl (C=O) groups excluding carboxylic acids is 3. The van der Waals surface area contributed by atoms with Crippen LogP contribution >= 0.6 is 11.3 Å². The van der Waals surface area contributed by atoms with Gasteiger partial charge in [-0.1, -0.05) is 12.1 Å². The summed E-state index contributed by atoms with van der Waals surface area (Å²) in [5, 5.41) is 6.09. The van der Waals surface area contributed by atoms with Crippen molar-refractivity contribution in [1.82, 2.24) is 4.98 Å². The second kappa shape index (κ2) is 21.9. The van der Waals surface area contributed by atoms with Crippen molar-refractivity contribution in [2.75, 3.05) is 89.9 Å². The minimum atomic E-state index is -0.337. The van der Waals surface area contributed by atoms with Crippen molar-refractivity contribution in [2.24, 2.45) is 0 Å². The number of rotatable bonds is 24. The van der Waals surface area contributed by atoms with Gasteiger partial charge in [-0.3, -0.25) is 14.9 Å². The number of benzene rings is 1. The number of thiazole rings is 1. The first kappa shape index (κ1) is 34.4. The van der Waals surface area contributed by atoms with E-state index in [4.69, 9.17) is 28.4 Å². The average Bonchev–Trinajstić information content (AvgIpc) is 3.28. The first-order valence-corrected chi connectivity index (χ1v) is 14.4. The highest BCUT2D eigenvalue weighted by Gasteiger charge is 2.15. The Kier molecular flexibility index (Phi) is 18.4. The SMILES string of the molecule is Cc1nc(NC(=O)c2ccccc2NC(=O)CCOCCOCCOCCOCCOCCOCCC=O)sc1C. The molecule has 2 amide bonds. The Morgan fingerprint density at radius 1 is 0.756 bits per heavy atom. The Bertz CT molecular complexity index is 1020. The molecule has 0 radical (unpaired) electrons. The standard InChI is InChI=1S/C28H41N3O9S/c1-22-23(2)41-28(29-22)31-27(34)24-6-3-4-7-25(24)30-26(33)8-11-36-13-15-38-17-19-40-21-20-39-18-16-37-14-12-35-10-5-9-32/h3-4,6-7,9H,5,8,10-21H2,1-2H3,(H,30,33)(H,29,31,34). The number of nitrogens with zero attached hydrogens (tertiary/aromatic N) is 1. The predicted molar refractivity (Wildman–Crippen MR) is 155 cm³/mol. The molecule has 0 saturated heterocycles. The van der Waals surface area contributed by atoms with Gasteiger partial charge in [0.25, 0.3) is 5.91 Å². The highest BCUT2D eigenvalue weighted by molar-refractivity contribution is 7.15. The number of amides is 2. The van der Waals surface area contributed by atoms with Crippen molar-refractivity contribution < 1.29 is 42.8 Å². The normalized spacial score (nSPS) is 11.0. The molecular weight excluding hydrogens is 554 g/mol. The number of aldehydes is 1. The van der Waals surface area contributed by atoms with Crippen LogP contribution in [0.4, 0.5) is 10.8 Å². The van der Waals surface area contributed by atoms with Crippen LogP contribution in [0.1, 0.15) is 33.8 Å². The number of hydrogen-bond acceptors (Lipinski definition) is 11. The lowest BCUT2D eigenvalue weighted by molar-refractivity contribution is -0.117. The highest BCUT2D eigenvalue weighted by atomic mass is 32.1. The van der Waals surface area contributed by atoms with Crippen LogP contribution in [0, 0.1) is 13.8 Å². The molecule has 0 aliphatic carbocycles. The molecule has 1 heterocycles. The molecule has 0 fully saturated rings. The third-order valence-corrected chi connectivity index (χ3v) is 6.40. The van der Waals surface area contributed by atoms with E-state index in [-0.39, 0.29) is 24.8 Å². The molecule has 1 aromatic carbocycles. The number of nitrogens with one attached hydrogen (secondary N) is 2. The summed E-state index contributed by atoms with van der Waals surface area (Å²) < 4.78 is 32.3. The number of carbonyl (C=O) groups is 3. The molecule has 2 rings (SSSR count). The Labute approximate surface area is 245 Å². The second-order valence-electron chi connectivity index (χ2n) is 8.59. The summed E-state index contributed by atoms with van der Waals surface area (Å²) in [5.41, 5.74) is 1.65. The first-order chi connectivity index (χ1) is 20.0. The number of hydrogen-bond donors (Lipinski definition) is 2. The van der Waals surface area contributed by atoms with Crippen LogP contribution in [-0.2, 0) is 38.0 Å². The van der Waals surface area contributed by atoms with E-state index in [2.05, 4.69) is 15.6 Å². The Balaban J connectivity index is 1.43. The molecule has 0 unspecified atom stereocenters. The maximum atomic E-state index is 12.7. The third-order valence-electron chi connectivity index (χ3n) is 5.41. The van der Waals surface area contributed by atoms with E-state index in [1.54, 1.807) is 24.3 Å². The predicted octanol–water partition coefficient (Wildman–Crippen LogP) is 3.03. The van der Waals surface area contributed by atoms with Gasteiger partial charge in [0.15, 0.2) is 5.13 Å². The van der Waals surface area contributed by atoms with Crippen molar-refractivity contribution in [3.05, 3.63) is 40.4 Å². The van der Waals surface area contributed by atoms with Crippen LogP contribution in [0.5, 0.6) is 0 Å². The molecule has 41 heavy (non-hydrogen) atoms. The van der Waals surface area contributed by atoms with Crippen molar-refractivity contribution >= 4 is 40.3 Å². The quantitative estimate of drug-likeness (QED) is 0.137. The van der Waals surface area contributed by atoms with Gasteiger partial charge in [0, 0.05) is 11.3 Å². The molecule has 0 atom stereocenters. The van der Waals surface area contributed by atoms with Gasteiger partial charge in [-0.25, -0.2) is 4.98 Å². The van der Waals surface area contributed by atoms with Gasteiger partial charge in [0.1, 0.15) is 6.29 Å². The molecular formula is C28H41N3O9S. The van der Waals surface area contributed by atoms with Crippen LogP contribution < -0.4 is 10.6 Å². The van der Waals surface area contributed by atoms with Crippen molar-refractivity contribution in [1.29, 1.82) is 0 Å².